The summed E-state index contributed by atoms with van der Waals surface area (Å²) in [6.07, 6.45) is 1.29. The lowest BCUT2D eigenvalue weighted by atomic mass is 9.94. The monoisotopic (exact) mass is 308 g/mol. The number of nitrogens with two attached hydrogens (primary N) is 1. The van der Waals surface area contributed by atoms with E-state index in [-0.39, 0.29) is 17.7 Å². The SMILES string of the molecule is NC(=O)C1CCN(C(=O)c2ccccc2-c2ccccc2)CC1. The molecule has 0 saturated carbocycles. The maximum atomic E-state index is 12.9. The van der Waals surface area contributed by atoms with Crippen molar-refractivity contribution in [1.82, 2.24) is 4.90 Å². The van der Waals surface area contributed by atoms with Crippen LogP contribution >= 0.6 is 0 Å². The normalized spacial score (nSPS) is 15.4. The topological polar surface area (TPSA) is 63.4 Å². The summed E-state index contributed by atoms with van der Waals surface area (Å²) in [5, 5.41) is 0. The predicted molar refractivity (Wildman–Crippen MR) is 89.7 cm³/mol. The van der Waals surface area contributed by atoms with Crippen molar-refractivity contribution >= 4 is 11.8 Å². The van der Waals surface area contributed by atoms with Gasteiger partial charge >= 0.3 is 0 Å². The quantitative estimate of drug-likeness (QED) is 0.947. The van der Waals surface area contributed by atoms with Crippen LogP contribution in [0.2, 0.25) is 0 Å². The number of hydrogen-bond acceptors (Lipinski definition) is 2. The van der Waals surface area contributed by atoms with Crippen molar-refractivity contribution in [3.8, 4) is 11.1 Å². The van der Waals surface area contributed by atoms with E-state index in [0.717, 1.165) is 11.1 Å². The van der Waals surface area contributed by atoms with Crippen LogP contribution in [0.15, 0.2) is 54.6 Å². The molecule has 0 unspecified atom stereocenters. The molecule has 2 aromatic carbocycles. The molecular formula is C19H20N2O2. The van der Waals surface area contributed by atoms with Crippen LogP contribution in [0, 0.1) is 5.92 Å². The Labute approximate surface area is 135 Å². The van der Waals surface area contributed by atoms with Crippen molar-refractivity contribution in [2.24, 2.45) is 11.7 Å². The van der Waals surface area contributed by atoms with Gasteiger partial charge in [0.25, 0.3) is 5.91 Å². The number of carbonyl (C=O) groups is 2. The Bertz CT molecular complexity index is 704. The molecule has 0 atom stereocenters. The summed E-state index contributed by atoms with van der Waals surface area (Å²) in [5.74, 6) is -0.349. The lowest BCUT2D eigenvalue weighted by molar-refractivity contribution is -0.123. The van der Waals surface area contributed by atoms with Gasteiger partial charge in [0, 0.05) is 24.6 Å². The van der Waals surface area contributed by atoms with Crippen LogP contribution in [0.3, 0.4) is 0 Å². The van der Waals surface area contributed by atoms with E-state index < -0.39 is 0 Å². The molecule has 3 rings (SSSR count). The van der Waals surface area contributed by atoms with Crippen LogP contribution < -0.4 is 5.73 Å². The van der Waals surface area contributed by atoms with Crippen LogP contribution in [0.1, 0.15) is 23.2 Å². The second-order valence-electron chi connectivity index (χ2n) is 5.88. The largest absolute Gasteiger partial charge is 0.369 e. The average molecular weight is 308 g/mol. The summed E-state index contributed by atoms with van der Waals surface area (Å²) in [5.41, 5.74) is 8.03. The van der Waals surface area contributed by atoms with E-state index in [0.29, 0.717) is 31.5 Å². The fraction of sp³-hybridized carbons (Fsp3) is 0.263. The maximum Gasteiger partial charge on any atom is 0.254 e. The number of benzene rings is 2. The van der Waals surface area contributed by atoms with Gasteiger partial charge in [0.15, 0.2) is 0 Å². The molecule has 4 nitrogen and oxygen atoms in total. The number of likely N-dealkylation sites (tertiary alicyclic amines) is 1. The summed E-state index contributed by atoms with van der Waals surface area (Å²) in [6, 6.07) is 17.6. The van der Waals surface area contributed by atoms with Crippen molar-refractivity contribution in [3.05, 3.63) is 60.2 Å². The van der Waals surface area contributed by atoms with Crippen LogP contribution in [-0.4, -0.2) is 29.8 Å². The number of amides is 2. The lowest BCUT2D eigenvalue weighted by Crippen LogP contribution is -2.41. The zero-order valence-corrected chi connectivity index (χ0v) is 12.9. The van der Waals surface area contributed by atoms with E-state index in [1.165, 1.54) is 0 Å². The second kappa shape index (κ2) is 6.65. The van der Waals surface area contributed by atoms with Gasteiger partial charge in [0.1, 0.15) is 0 Å². The number of carbonyl (C=O) groups excluding carboxylic acids is 2. The molecule has 2 aromatic rings. The fourth-order valence-electron chi connectivity index (χ4n) is 3.08. The third kappa shape index (κ3) is 3.26. The predicted octanol–water partition coefficient (Wildman–Crippen LogP) is 2.69. The molecule has 4 heteroatoms. The molecule has 1 aliphatic rings. The summed E-state index contributed by atoms with van der Waals surface area (Å²) >= 11 is 0. The highest BCUT2D eigenvalue weighted by molar-refractivity contribution is 6.01. The Morgan fingerprint density at radius 2 is 1.52 bits per heavy atom. The van der Waals surface area contributed by atoms with E-state index in [1.807, 2.05) is 59.5 Å². The van der Waals surface area contributed by atoms with Gasteiger partial charge in [-0.3, -0.25) is 9.59 Å². The van der Waals surface area contributed by atoms with Gasteiger partial charge in [-0.1, -0.05) is 48.5 Å². The van der Waals surface area contributed by atoms with Crippen molar-refractivity contribution in [3.63, 3.8) is 0 Å². The second-order valence-corrected chi connectivity index (χ2v) is 5.88. The van der Waals surface area contributed by atoms with Crippen LogP contribution in [0.4, 0.5) is 0 Å². The van der Waals surface area contributed by atoms with Gasteiger partial charge in [0.05, 0.1) is 0 Å². The van der Waals surface area contributed by atoms with Crippen molar-refractivity contribution < 1.29 is 9.59 Å². The molecule has 118 valence electrons. The maximum absolute atomic E-state index is 12.9. The molecule has 1 saturated heterocycles. The molecule has 2 N–H and O–H groups in total. The van der Waals surface area contributed by atoms with Gasteiger partial charge in [0.2, 0.25) is 5.91 Å². The van der Waals surface area contributed by atoms with E-state index >= 15 is 0 Å². The van der Waals surface area contributed by atoms with E-state index in [9.17, 15) is 9.59 Å². The molecule has 0 spiro atoms. The Morgan fingerprint density at radius 1 is 0.913 bits per heavy atom. The average Bonchev–Trinajstić information content (AvgIpc) is 2.62. The van der Waals surface area contributed by atoms with Crippen molar-refractivity contribution in [2.45, 2.75) is 12.8 Å². The minimum Gasteiger partial charge on any atom is -0.369 e. The molecule has 0 aliphatic carbocycles. The molecule has 0 bridgehead atoms. The molecule has 0 aromatic heterocycles. The van der Waals surface area contributed by atoms with Gasteiger partial charge < -0.3 is 10.6 Å². The first kappa shape index (κ1) is 15.3. The third-order valence-corrected chi connectivity index (χ3v) is 4.43. The molecule has 1 fully saturated rings. The zero-order valence-electron chi connectivity index (χ0n) is 12.9. The molecule has 23 heavy (non-hydrogen) atoms. The Kier molecular flexibility index (Phi) is 4.42. The van der Waals surface area contributed by atoms with Crippen LogP contribution in [-0.2, 0) is 4.79 Å². The Hall–Kier alpha value is -2.62. The van der Waals surface area contributed by atoms with Gasteiger partial charge in [-0.2, -0.15) is 0 Å². The smallest absolute Gasteiger partial charge is 0.254 e. The summed E-state index contributed by atoms with van der Waals surface area (Å²) in [4.78, 5) is 26.0. The zero-order chi connectivity index (χ0) is 16.2. The molecule has 1 aliphatic heterocycles. The van der Waals surface area contributed by atoms with E-state index in [2.05, 4.69) is 0 Å². The number of nitrogens with zero attached hydrogens (tertiary/aromatic N) is 1. The minimum absolute atomic E-state index is 0.0207. The highest BCUT2D eigenvalue weighted by Gasteiger charge is 2.27. The first-order chi connectivity index (χ1) is 11.2. The van der Waals surface area contributed by atoms with Crippen molar-refractivity contribution in [1.29, 1.82) is 0 Å². The summed E-state index contributed by atoms with van der Waals surface area (Å²) in [6.45, 7) is 1.16. The van der Waals surface area contributed by atoms with E-state index in [1.54, 1.807) is 0 Å². The van der Waals surface area contributed by atoms with Crippen molar-refractivity contribution in [2.75, 3.05) is 13.1 Å². The third-order valence-electron chi connectivity index (χ3n) is 4.43. The van der Waals surface area contributed by atoms with Gasteiger partial charge in [-0.25, -0.2) is 0 Å². The minimum atomic E-state index is -0.262. The molecular weight excluding hydrogens is 288 g/mol. The highest BCUT2D eigenvalue weighted by Crippen LogP contribution is 2.26. The lowest BCUT2D eigenvalue weighted by Gasteiger charge is -2.31. The van der Waals surface area contributed by atoms with Gasteiger partial charge in [-0.15, -0.1) is 0 Å². The number of hydrogen-bond donors (Lipinski definition) is 1. The summed E-state index contributed by atoms with van der Waals surface area (Å²) in [7, 11) is 0. The molecule has 0 radical (unpaired) electrons. The Morgan fingerprint density at radius 3 is 2.17 bits per heavy atom. The van der Waals surface area contributed by atoms with Crippen LogP contribution in [0.25, 0.3) is 11.1 Å². The molecule has 2 amide bonds. The standard InChI is InChI=1S/C19H20N2O2/c20-18(22)15-10-12-21(13-11-15)19(23)17-9-5-4-8-16(17)14-6-2-1-3-7-14/h1-9,15H,10-13H2,(H2,20,22). The molecule has 1 heterocycles. The first-order valence-corrected chi connectivity index (χ1v) is 7.90. The number of piperidine rings is 1. The van der Waals surface area contributed by atoms with Gasteiger partial charge in [-0.05, 0) is 30.0 Å². The number of rotatable bonds is 3. The Balaban J connectivity index is 1.83. The summed E-state index contributed by atoms with van der Waals surface area (Å²) < 4.78 is 0. The fourth-order valence-corrected chi connectivity index (χ4v) is 3.08. The van der Waals surface area contributed by atoms with E-state index in [4.69, 9.17) is 5.73 Å². The first-order valence-electron chi connectivity index (χ1n) is 7.90. The number of primary amides is 1. The highest BCUT2D eigenvalue weighted by atomic mass is 16.2. The van der Waals surface area contributed by atoms with Crippen LogP contribution in [0.5, 0.6) is 0 Å².